The van der Waals surface area contributed by atoms with Gasteiger partial charge in [-0.05, 0) is 31.4 Å². The molecule has 1 aromatic heterocycles. The van der Waals surface area contributed by atoms with E-state index >= 15 is 0 Å². The number of hydrogen-bond acceptors (Lipinski definition) is 4. The van der Waals surface area contributed by atoms with Gasteiger partial charge in [0.15, 0.2) is 0 Å². The van der Waals surface area contributed by atoms with Crippen LogP contribution in [-0.4, -0.2) is 19.6 Å². The summed E-state index contributed by atoms with van der Waals surface area (Å²) in [4.78, 5) is 3.84. The molecular formula is C14H19N3S. The summed E-state index contributed by atoms with van der Waals surface area (Å²) < 4.78 is 0. The fraction of sp³-hybridized carbons (Fsp3) is 0.643. The summed E-state index contributed by atoms with van der Waals surface area (Å²) >= 11 is 1.84. The van der Waals surface area contributed by atoms with E-state index in [1.807, 2.05) is 11.3 Å². The summed E-state index contributed by atoms with van der Waals surface area (Å²) in [6, 6.07) is 2.46. The predicted molar refractivity (Wildman–Crippen MR) is 75.1 cm³/mol. The number of nitrogens with zero attached hydrogens (tertiary/aromatic N) is 2. The molecule has 0 spiro atoms. The second kappa shape index (κ2) is 5.29. The molecule has 3 rings (SSSR count). The van der Waals surface area contributed by atoms with E-state index in [1.54, 1.807) is 0 Å². The first-order valence-electron chi connectivity index (χ1n) is 6.90. The molecule has 0 bridgehead atoms. The Morgan fingerprint density at radius 1 is 1.17 bits per heavy atom. The lowest BCUT2D eigenvalue weighted by Crippen LogP contribution is -2.24. The summed E-state index contributed by atoms with van der Waals surface area (Å²) in [6.07, 6.45) is 6.23. The third-order valence-electron chi connectivity index (χ3n) is 3.91. The zero-order chi connectivity index (χ0) is 12.4. The number of thiophene rings is 1. The van der Waals surface area contributed by atoms with E-state index in [0.29, 0.717) is 0 Å². The van der Waals surface area contributed by atoms with Gasteiger partial charge in [0, 0.05) is 24.5 Å². The zero-order valence-electron chi connectivity index (χ0n) is 10.7. The molecule has 1 N–H and O–H groups in total. The monoisotopic (exact) mass is 261 g/mol. The van der Waals surface area contributed by atoms with Gasteiger partial charge in [0.25, 0.3) is 0 Å². The predicted octanol–water partition coefficient (Wildman–Crippen LogP) is 2.65. The largest absolute Gasteiger partial charge is 0.362 e. The van der Waals surface area contributed by atoms with E-state index in [2.05, 4.69) is 16.3 Å². The molecule has 3 nitrogen and oxygen atoms in total. The minimum absolute atomic E-state index is 0.947. The van der Waals surface area contributed by atoms with Gasteiger partial charge in [0.05, 0.1) is 5.56 Å². The Morgan fingerprint density at radius 3 is 2.67 bits per heavy atom. The maximum Gasteiger partial charge on any atom is 0.110 e. The fourth-order valence-electron chi connectivity index (χ4n) is 2.93. The van der Waals surface area contributed by atoms with Crippen molar-refractivity contribution in [3.05, 3.63) is 16.0 Å². The molecule has 0 aliphatic carbocycles. The number of rotatable bonds is 1. The van der Waals surface area contributed by atoms with Gasteiger partial charge in [0.2, 0.25) is 0 Å². The highest BCUT2D eigenvalue weighted by molar-refractivity contribution is 7.16. The minimum atomic E-state index is 0.947. The van der Waals surface area contributed by atoms with Crippen LogP contribution in [0.3, 0.4) is 0 Å². The van der Waals surface area contributed by atoms with Gasteiger partial charge in [-0.2, -0.15) is 5.26 Å². The van der Waals surface area contributed by atoms with Crippen molar-refractivity contribution < 1.29 is 0 Å². The van der Waals surface area contributed by atoms with Crippen molar-refractivity contribution in [1.29, 1.82) is 5.26 Å². The number of nitriles is 1. The average Bonchev–Trinajstić information content (AvgIpc) is 2.59. The van der Waals surface area contributed by atoms with E-state index in [0.717, 1.165) is 38.2 Å². The highest BCUT2D eigenvalue weighted by Gasteiger charge is 2.24. The molecule has 2 aliphatic rings. The van der Waals surface area contributed by atoms with Crippen LogP contribution in [0.15, 0.2) is 0 Å². The van der Waals surface area contributed by atoms with Crippen LogP contribution < -0.4 is 10.2 Å². The number of hydrogen-bond donors (Lipinski definition) is 1. The molecule has 2 aliphatic heterocycles. The molecule has 0 unspecified atom stereocenters. The lowest BCUT2D eigenvalue weighted by atomic mass is 10.0. The van der Waals surface area contributed by atoms with Crippen LogP contribution in [0, 0.1) is 11.3 Å². The second-order valence-electron chi connectivity index (χ2n) is 5.12. The highest BCUT2D eigenvalue weighted by atomic mass is 32.1. The fourth-order valence-corrected chi connectivity index (χ4v) is 4.25. The molecule has 1 saturated heterocycles. The van der Waals surface area contributed by atoms with Gasteiger partial charge in [-0.1, -0.05) is 12.8 Å². The maximum atomic E-state index is 9.47. The van der Waals surface area contributed by atoms with E-state index in [1.165, 1.54) is 41.1 Å². The van der Waals surface area contributed by atoms with Crippen LogP contribution >= 0.6 is 11.3 Å². The van der Waals surface area contributed by atoms with Gasteiger partial charge in [-0.25, -0.2) is 0 Å². The molecule has 1 aromatic rings. The third kappa shape index (κ3) is 2.13. The molecule has 0 amide bonds. The first-order valence-corrected chi connectivity index (χ1v) is 7.72. The minimum Gasteiger partial charge on any atom is -0.362 e. The van der Waals surface area contributed by atoms with Crippen molar-refractivity contribution in [1.82, 2.24) is 5.32 Å². The van der Waals surface area contributed by atoms with Crippen LogP contribution in [0.5, 0.6) is 0 Å². The van der Waals surface area contributed by atoms with Gasteiger partial charge in [-0.3, -0.25) is 0 Å². The van der Waals surface area contributed by atoms with Crippen molar-refractivity contribution in [2.45, 2.75) is 38.6 Å². The molecule has 0 aromatic carbocycles. The zero-order valence-corrected chi connectivity index (χ0v) is 11.5. The lowest BCUT2D eigenvalue weighted by Gasteiger charge is -2.21. The summed E-state index contributed by atoms with van der Waals surface area (Å²) in [7, 11) is 0. The quantitative estimate of drug-likeness (QED) is 0.844. The Bertz CT molecular complexity index is 464. The smallest absolute Gasteiger partial charge is 0.110 e. The Balaban J connectivity index is 1.95. The molecule has 4 heteroatoms. The molecule has 0 atom stereocenters. The second-order valence-corrected chi connectivity index (χ2v) is 6.21. The molecule has 0 radical (unpaired) electrons. The van der Waals surface area contributed by atoms with Gasteiger partial charge >= 0.3 is 0 Å². The van der Waals surface area contributed by atoms with Crippen LogP contribution in [0.1, 0.15) is 41.7 Å². The Labute approximate surface area is 112 Å². The Hall–Kier alpha value is -1.05. The SMILES string of the molecule is N#Cc1c(N2CCCCCC2)sc2c1CCNC2. The van der Waals surface area contributed by atoms with E-state index < -0.39 is 0 Å². The summed E-state index contributed by atoms with van der Waals surface area (Å²) in [5, 5.41) is 14.1. The van der Waals surface area contributed by atoms with E-state index in [4.69, 9.17) is 0 Å². The van der Waals surface area contributed by atoms with E-state index in [9.17, 15) is 5.26 Å². The molecule has 3 heterocycles. The van der Waals surface area contributed by atoms with E-state index in [-0.39, 0.29) is 0 Å². The summed E-state index contributed by atoms with van der Waals surface area (Å²) in [5.74, 6) is 0. The Morgan fingerprint density at radius 2 is 1.94 bits per heavy atom. The molecule has 18 heavy (non-hydrogen) atoms. The van der Waals surface area contributed by atoms with Crippen LogP contribution in [-0.2, 0) is 13.0 Å². The standard InChI is InChI=1S/C14H19N3S/c15-9-12-11-5-6-16-10-13(11)18-14(12)17-7-3-1-2-4-8-17/h16H,1-8,10H2. The summed E-state index contributed by atoms with van der Waals surface area (Å²) in [6.45, 7) is 4.21. The third-order valence-corrected chi connectivity index (χ3v) is 5.21. The van der Waals surface area contributed by atoms with Crippen molar-refractivity contribution >= 4 is 16.3 Å². The normalized spacial score (nSPS) is 20.1. The van der Waals surface area contributed by atoms with Crippen molar-refractivity contribution in [3.63, 3.8) is 0 Å². The maximum absolute atomic E-state index is 9.47. The van der Waals surface area contributed by atoms with Crippen LogP contribution in [0.4, 0.5) is 5.00 Å². The van der Waals surface area contributed by atoms with Gasteiger partial charge in [0.1, 0.15) is 11.1 Å². The van der Waals surface area contributed by atoms with Crippen LogP contribution in [0.2, 0.25) is 0 Å². The number of fused-ring (bicyclic) bond motifs is 1. The molecule has 96 valence electrons. The highest BCUT2D eigenvalue weighted by Crippen LogP contribution is 2.38. The molecule has 1 fully saturated rings. The topological polar surface area (TPSA) is 39.1 Å². The Kier molecular flexibility index (Phi) is 3.53. The molecule has 0 saturated carbocycles. The van der Waals surface area contributed by atoms with Crippen molar-refractivity contribution in [2.24, 2.45) is 0 Å². The van der Waals surface area contributed by atoms with Crippen LogP contribution in [0.25, 0.3) is 0 Å². The first kappa shape index (κ1) is 12.0. The first-order chi connectivity index (χ1) is 8.90. The van der Waals surface area contributed by atoms with Crippen molar-refractivity contribution in [2.75, 3.05) is 24.5 Å². The van der Waals surface area contributed by atoms with Crippen molar-refractivity contribution in [3.8, 4) is 6.07 Å². The van der Waals surface area contributed by atoms with Gasteiger partial charge in [-0.15, -0.1) is 11.3 Å². The average molecular weight is 261 g/mol. The summed E-state index contributed by atoms with van der Waals surface area (Å²) in [5.41, 5.74) is 2.29. The lowest BCUT2D eigenvalue weighted by molar-refractivity contribution is 0.653. The van der Waals surface area contributed by atoms with Gasteiger partial charge < -0.3 is 10.2 Å². The number of nitrogens with one attached hydrogen (secondary N) is 1. The molecular weight excluding hydrogens is 242 g/mol. The number of anilines is 1.